The minimum atomic E-state index is -0.213. The number of nitrogens with two attached hydrogens (primary N) is 1. The SMILES string of the molecule is Cc1ccc(N(N)C(=O)c2ccccc2)cc1. The molecule has 0 aliphatic carbocycles. The van der Waals surface area contributed by atoms with Crippen molar-refractivity contribution in [1.82, 2.24) is 0 Å². The maximum absolute atomic E-state index is 12.0. The molecular weight excluding hydrogens is 212 g/mol. The van der Waals surface area contributed by atoms with Crippen molar-refractivity contribution in [3.63, 3.8) is 0 Å². The van der Waals surface area contributed by atoms with Crippen LogP contribution in [0.2, 0.25) is 0 Å². The molecule has 0 radical (unpaired) electrons. The molecule has 17 heavy (non-hydrogen) atoms. The summed E-state index contributed by atoms with van der Waals surface area (Å²) in [4.78, 5) is 12.0. The number of hydrogen-bond acceptors (Lipinski definition) is 2. The molecule has 2 N–H and O–H groups in total. The van der Waals surface area contributed by atoms with Gasteiger partial charge in [0, 0.05) is 5.56 Å². The van der Waals surface area contributed by atoms with Gasteiger partial charge in [0.05, 0.1) is 5.69 Å². The summed E-state index contributed by atoms with van der Waals surface area (Å²) < 4.78 is 0. The van der Waals surface area contributed by atoms with Crippen LogP contribution in [0.5, 0.6) is 0 Å². The highest BCUT2D eigenvalue weighted by Crippen LogP contribution is 2.14. The van der Waals surface area contributed by atoms with Crippen LogP contribution in [-0.4, -0.2) is 5.91 Å². The van der Waals surface area contributed by atoms with Crippen molar-refractivity contribution in [3.05, 3.63) is 65.7 Å². The summed E-state index contributed by atoms with van der Waals surface area (Å²) in [6.07, 6.45) is 0. The number of hydrogen-bond donors (Lipinski definition) is 1. The predicted molar refractivity (Wildman–Crippen MR) is 68.6 cm³/mol. The van der Waals surface area contributed by atoms with Gasteiger partial charge in [-0.15, -0.1) is 0 Å². The number of rotatable bonds is 2. The van der Waals surface area contributed by atoms with Crippen LogP contribution in [0.3, 0.4) is 0 Å². The van der Waals surface area contributed by atoms with Gasteiger partial charge in [0.25, 0.3) is 5.91 Å². The van der Waals surface area contributed by atoms with E-state index in [4.69, 9.17) is 5.84 Å². The largest absolute Gasteiger partial charge is 0.272 e. The lowest BCUT2D eigenvalue weighted by Gasteiger charge is -2.16. The number of aryl methyl sites for hydroxylation is 1. The first-order chi connectivity index (χ1) is 8.18. The number of nitrogens with zero attached hydrogens (tertiary/aromatic N) is 1. The Morgan fingerprint density at radius 3 is 2.18 bits per heavy atom. The van der Waals surface area contributed by atoms with Gasteiger partial charge < -0.3 is 0 Å². The second-order valence-electron chi connectivity index (χ2n) is 3.88. The molecule has 0 unspecified atom stereocenters. The van der Waals surface area contributed by atoms with E-state index in [-0.39, 0.29) is 5.91 Å². The van der Waals surface area contributed by atoms with Crippen LogP contribution in [-0.2, 0) is 0 Å². The molecule has 2 aromatic carbocycles. The summed E-state index contributed by atoms with van der Waals surface area (Å²) >= 11 is 0. The van der Waals surface area contributed by atoms with E-state index in [1.54, 1.807) is 12.1 Å². The van der Waals surface area contributed by atoms with Crippen LogP contribution in [0.4, 0.5) is 5.69 Å². The minimum absolute atomic E-state index is 0.213. The Balaban J connectivity index is 2.23. The van der Waals surface area contributed by atoms with Gasteiger partial charge in [0.2, 0.25) is 0 Å². The molecule has 3 nitrogen and oxygen atoms in total. The molecule has 1 amide bonds. The second-order valence-corrected chi connectivity index (χ2v) is 3.88. The van der Waals surface area contributed by atoms with E-state index in [9.17, 15) is 4.79 Å². The first-order valence-electron chi connectivity index (χ1n) is 5.39. The molecule has 0 bridgehead atoms. The number of anilines is 1. The molecule has 0 aliphatic heterocycles. The van der Waals surface area contributed by atoms with E-state index in [2.05, 4.69) is 0 Å². The summed E-state index contributed by atoms with van der Waals surface area (Å²) in [5, 5.41) is 1.16. The number of benzene rings is 2. The fourth-order valence-electron chi connectivity index (χ4n) is 1.54. The van der Waals surface area contributed by atoms with Crippen molar-refractivity contribution in [2.24, 2.45) is 5.84 Å². The Bertz CT molecular complexity index is 506. The normalized spacial score (nSPS) is 10.0. The Morgan fingerprint density at radius 2 is 1.59 bits per heavy atom. The molecule has 86 valence electrons. The number of carbonyl (C=O) groups is 1. The zero-order valence-corrected chi connectivity index (χ0v) is 9.63. The molecule has 0 atom stereocenters. The van der Waals surface area contributed by atoms with Crippen LogP contribution in [0, 0.1) is 6.92 Å². The number of carbonyl (C=O) groups excluding carboxylic acids is 1. The van der Waals surface area contributed by atoms with Gasteiger partial charge >= 0.3 is 0 Å². The first-order valence-corrected chi connectivity index (χ1v) is 5.39. The fraction of sp³-hybridized carbons (Fsp3) is 0.0714. The highest BCUT2D eigenvalue weighted by atomic mass is 16.2. The van der Waals surface area contributed by atoms with E-state index >= 15 is 0 Å². The minimum Gasteiger partial charge on any atom is -0.267 e. The number of hydrazine groups is 1. The Hall–Kier alpha value is -2.13. The highest BCUT2D eigenvalue weighted by molar-refractivity contribution is 6.05. The molecule has 3 heteroatoms. The maximum atomic E-state index is 12.0. The van der Waals surface area contributed by atoms with Crippen LogP contribution in [0.1, 0.15) is 15.9 Å². The van der Waals surface area contributed by atoms with Gasteiger partial charge in [-0.05, 0) is 31.2 Å². The lowest BCUT2D eigenvalue weighted by atomic mass is 10.2. The maximum Gasteiger partial charge on any atom is 0.272 e. The van der Waals surface area contributed by atoms with Crippen molar-refractivity contribution in [3.8, 4) is 0 Å². The van der Waals surface area contributed by atoms with E-state index in [0.717, 1.165) is 10.6 Å². The first kappa shape index (κ1) is 11.4. The molecule has 0 aromatic heterocycles. The second kappa shape index (κ2) is 4.80. The van der Waals surface area contributed by atoms with Crippen LogP contribution < -0.4 is 10.9 Å². The van der Waals surface area contributed by atoms with Gasteiger partial charge in [0.15, 0.2) is 0 Å². The Morgan fingerprint density at radius 1 is 1.00 bits per heavy atom. The van der Waals surface area contributed by atoms with E-state index in [1.807, 2.05) is 49.4 Å². The average Bonchev–Trinajstić information content (AvgIpc) is 2.39. The molecule has 0 spiro atoms. The van der Waals surface area contributed by atoms with E-state index < -0.39 is 0 Å². The topological polar surface area (TPSA) is 46.3 Å². The van der Waals surface area contributed by atoms with Crippen molar-refractivity contribution in [2.75, 3.05) is 5.01 Å². The zero-order chi connectivity index (χ0) is 12.3. The van der Waals surface area contributed by atoms with Gasteiger partial charge in [-0.25, -0.2) is 10.9 Å². The molecule has 0 fully saturated rings. The molecule has 2 aromatic rings. The molecular formula is C14H14N2O. The fourth-order valence-corrected chi connectivity index (χ4v) is 1.54. The predicted octanol–water partition coefficient (Wildman–Crippen LogP) is 2.52. The highest BCUT2D eigenvalue weighted by Gasteiger charge is 2.13. The summed E-state index contributed by atoms with van der Waals surface area (Å²) in [6, 6.07) is 16.5. The van der Waals surface area contributed by atoms with Gasteiger partial charge in [0.1, 0.15) is 0 Å². The van der Waals surface area contributed by atoms with Crippen LogP contribution >= 0.6 is 0 Å². The Labute approximate surface area is 100 Å². The van der Waals surface area contributed by atoms with Crippen molar-refractivity contribution in [2.45, 2.75) is 6.92 Å². The lowest BCUT2D eigenvalue weighted by Crippen LogP contribution is -2.37. The molecule has 2 rings (SSSR count). The van der Waals surface area contributed by atoms with E-state index in [0.29, 0.717) is 11.3 Å². The van der Waals surface area contributed by atoms with Gasteiger partial charge in [-0.3, -0.25) is 4.79 Å². The average molecular weight is 226 g/mol. The van der Waals surface area contributed by atoms with E-state index in [1.165, 1.54) is 0 Å². The summed E-state index contributed by atoms with van der Waals surface area (Å²) in [5.74, 6) is 5.59. The van der Waals surface area contributed by atoms with Gasteiger partial charge in [-0.2, -0.15) is 0 Å². The molecule has 0 aliphatic rings. The quantitative estimate of drug-likeness (QED) is 0.486. The molecule has 0 saturated heterocycles. The third-order valence-electron chi connectivity index (χ3n) is 2.55. The standard InChI is InChI=1S/C14H14N2O/c1-11-7-9-13(10-8-11)16(15)14(17)12-5-3-2-4-6-12/h2-10H,15H2,1H3. The van der Waals surface area contributed by atoms with Crippen LogP contribution in [0.25, 0.3) is 0 Å². The summed E-state index contributed by atoms with van der Waals surface area (Å²) in [5.41, 5.74) is 2.40. The third-order valence-corrected chi connectivity index (χ3v) is 2.55. The lowest BCUT2D eigenvalue weighted by molar-refractivity contribution is 0.0987. The zero-order valence-electron chi connectivity index (χ0n) is 9.63. The molecule has 0 saturated carbocycles. The monoisotopic (exact) mass is 226 g/mol. The van der Waals surface area contributed by atoms with Crippen LogP contribution in [0.15, 0.2) is 54.6 Å². The summed E-state index contributed by atoms with van der Waals surface area (Å²) in [6.45, 7) is 1.99. The summed E-state index contributed by atoms with van der Waals surface area (Å²) in [7, 11) is 0. The van der Waals surface area contributed by atoms with Crippen molar-refractivity contribution in [1.29, 1.82) is 0 Å². The van der Waals surface area contributed by atoms with Crippen molar-refractivity contribution < 1.29 is 4.79 Å². The molecule has 0 heterocycles. The number of amides is 1. The third kappa shape index (κ3) is 2.52. The van der Waals surface area contributed by atoms with Crippen molar-refractivity contribution >= 4 is 11.6 Å². The smallest absolute Gasteiger partial charge is 0.267 e. The van der Waals surface area contributed by atoms with Gasteiger partial charge in [-0.1, -0.05) is 35.9 Å². The Kier molecular flexibility index (Phi) is 3.21.